The van der Waals surface area contributed by atoms with E-state index in [-0.39, 0.29) is 5.60 Å². The van der Waals surface area contributed by atoms with Gasteiger partial charge in [0.25, 0.3) is 0 Å². The standard InChI is InChI=1S/C20H28N2O3/c1-24-18-6-3-2-5-16(18)14-21-11-9-20(15-21)13-17(8-12-25-20)22-10-4-7-19(22)23/h2-3,5-6,17H,4,7-15H2,1H3/t17-,20-/m1/s1. The number of ether oxygens (including phenoxy) is 2. The molecular weight excluding hydrogens is 316 g/mol. The van der Waals surface area contributed by atoms with Gasteiger partial charge in [-0.2, -0.15) is 0 Å². The molecular formula is C20H28N2O3. The minimum Gasteiger partial charge on any atom is -0.496 e. The normalized spacial score (nSPS) is 30.4. The average molecular weight is 344 g/mol. The van der Waals surface area contributed by atoms with Gasteiger partial charge in [-0.15, -0.1) is 0 Å². The van der Waals surface area contributed by atoms with Crippen molar-refractivity contribution >= 4 is 5.91 Å². The zero-order chi connectivity index (χ0) is 17.3. The van der Waals surface area contributed by atoms with Gasteiger partial charge >= 0.3 is 0 Å². The zero-order valence-corrected chi connectivity index (χ0v) is 15.1. The highest BCUT2D eigenvalue weighted by atomic mass is 16.5. The van der Waals surface area contributed by atoms with Crippen molar-refractivity contribution in [3.63, 3.8) is 0 Å². The topological polar surface area (TPSA) is 42.0 Å². The van der Waals surface area contributed by atoms with Crippen LogP contribution in [-0.4, -0.2) is 60.7 Å². The number of benzene rings is 1. The first-order chi connectivity index (χ1) is 12.2. The van der Waals surface area contributed by atoms with E-state index in [1.54, 1.807) is 7.11 Å². The van der Waals surface area contributed by atoms with Crippen molar-refractivity contribution in [1.29, 1.82) is 0 Å². The Hall–Kier alpha value is -1.59. The van der Waals surface area contributed by atoms with E-state index >= 15 is 0 Å². The maximum atomic E-state index is 12.1. The Morgan fingerprint density at radius 2 is 2.20 bits per heavy atom. The second-order valence-electron chi connectivity index (χ2n) is 7.64. The van der Waals surface area contributed by atoms with Crippen LogP contribution in [0.5, 0.6) is 5.75 Å². The quantitative estimate of drug-likeness (QED) is 0.841. The summed E-state index contributed by atoms with van der Waals surface area (Å²) in [4.78, 5) is 16.7. The maximum absolute atomic E-state index is 12.1. The van der Waals surface area contributed by atoms with Crippen LogP contribution in [0.15, 0.2) is 24.3 Å². The van der Waals surface area contributed by atoms with Crippen molar-refractivity contribution in [3.8, 4) is 5.75 Å². The summed E-state index contributed by atoms with van der Waals surface area (Å²) in [6.45, 7) is 4.59. The Bertz CT molecular complexity index is 635. The van der Waals surface area contributed by atoms with E-state index in [9.17, 15) is 4.79 Å². The molecule has 0 aromatic heterocycles. The van der Waals surface area contributed by atoms with Crippen LogP contribution in [-0.2, 0) is 16.1 Å². The van der Waals surface area contributed by atoms with Crippen molar-refractivity contribution < 1.29 is 14.3 Å². The lowest BCUT2D eigenvalue weighted by molar-refractivity contribution is -0.137. The molecule has 0 bridgehead atoms. The summed E-state index contributed by atoms with van der Waals surface area (Å²) in [5.74, 6) is 1.29. The van der Waals surface area contributed by atoms with E-state index in [1.165, 1.54) is 5.56 Å². The number of hydrogen-bond donors (Lipinski definition) is 0. The fourth-order valence-electron chi connectivity index (χ4n) is 4.74. The van der Waals surface area contributed by atoms with Gasteiger partial charge in [-0.05, 0) is 31.7 Å². The predicted molar refractivity (Wildman–Crippen MR) is 95.5 cm³/mol. The summed E-state index contributed by atoms with van der Waals surface area (Å²) in [5, 5.41) is 0. The fraction of sp³-hybridized carbons (Fsp3) is 0.650. The Morgan fingerprint density at radius 3 is 3.00 bits per heavy atom. The third-order valence-corrected chi connectivity index (χ3v) is 6.00. The van der Waals surface area contributed by atoms with Gasteiger partial charge in [0.05, 0.1) is 12.7 Å². The third-order valence-electron chi connectivity index (χ3n) is 6.00. The van der Waals surface area contributed by atoms with Gasteiger partial charge in [0.15, 0.2) is 0 Å². The van der Waals surface area contributed by atoms with Crippen LogP contribution in [0.2, 0.25) is 0 Å². The van der Waals surface area contributed by atoms with Crippen molar-refractivity contribution in [3.05, 3.63) is 29.8 Å². The molecule has 3 saturated heterocycles. The molecule has 0 saturated carbocycles. The summed E-state index contributed by atoms with van der Waals surface area (Å²) >= 11 is 0. The summed E-state index contributed by atoms with van der Waals surface area (Å²) in [7, 11) is 1.73. The summed E-state index contributed by atoms with van der Waals surface area (Å²) < 4.78 is 11.8. The molecule has 3 aliphatic rings. The number of rotatable bonds is 4. The van der Waals surface area contributed by atoms with Crippen LogP contribution >= 0.6 is 0 Å². The highest BCUT2D eigenvalue weighted by Crippen LogP contribution is 2.38. The van der Waals surface area contributed by atoms with E-state index in [4.69, 9.17) is 9.47 Å². The maximum Gasteiger partial charge on any atom is 0.222 e. The number of amides is 1. The van der Waals surface area contributed by atoms with Gasteiger partial charge in [0.2, 0.25) is 5.91 Å². The van der Waals surface area contributed by atoms with Crippen molar-refractivity contribution in [2.45, 2.75) is 50.3 Å². The molecule has 3 aliphatic heterocycles. The van der Waals surface area contributed by atoms with Gasteiger partial charge in [-0.3, -0.25) is 9.69 Å². The predicted octanol–water partition coefficient (Wildman–Crippen LogP) is 2.44. The molecule has 0 aliphatic carbocycles. The third kappa shape index (κ3) is 3.40. The number of carbonyl (C=O) groups excluding carboxylic acids is 1. The first kappa shape index (κ1) is 16.9. The monoisotopic (exact) mass is 344 g/mol. The number of nitrogens with zero attached hydrogens (tertiary/aromatic N) is 2. The molecule has 0 N–H and O–H groups in total. The number of methoxy groups -OCH3 is 1. The lowest BCUT2D eigenvalue weighted by Crippen LogP contribution is -2.50. The van der Waals surface area contributed by atoms with E-state index in [2.05, 4.69) is 21.9 Å². The first-order valence-corrected chi connectivity index (χ1v) is 9.47. The minimum absolute atomic E-state index is 0.0756. The average Bonchev–Trinajstić information content (AvgIpc) is 3.22. The van der Waals surface area contributed by atoms with Crippen molar-refractivity contribution in [2.24, 2.45) is 0 Å². The molecule has 3 heterocycles. The molecule has 1 aromatic rings. The Labute approximate surface area is 149 Å². The van der Waals surface area contributed by atoms with Crippen LogP contribution in [0.25, 0.3) is 0 Å². The largest absolute Gasteiger partial charge is 0.496 e. The molecule has 5 heteroatoms. The Kier molecular flexibility index (Phi) is 4.69. The van der Waals surface area contributed by atoms with Crippen LogP contribution in [0, 0.1) is 0 Å². The summed E-state index contributed by atoms with van der Waals surface area (Å²) in [6.07, 6.45) is 4.77. The van der Waals surface area contributed by atoms with Gasteiger partial charge in [-0.1, -0.05) is 18.2 Å². The van der Waals surface area contributed by atoms with Crippen molar-refractivity contribution in [1.82, 2.24) is 9.80 Å². The fourth-order valence-corrected chi connectivity index (χ4v) is 4.74. The lowest BCUT2D eigenvalue weighted by atomic mass is 9.89. The second kappa shape index (κ2) is 6.96. The molecule has 3 fully saturated rings. The molecule has 2 atom stereocenters. The molecule has 4 rings (SSSR count). The molecule has 1 aromatic carbocycles. The van der Waals surface area contributed by atoms with Crippen molar-refractivity contribution in [2.75, 3.05) is 33.4 Å². The summed E-state index contributed by atoms with van der Waals surface area (Å²) in [5.41, 5.74) is 1.15. The number of carbonyl (C=O) groups is 1. The number of likely N-dealkylation sites (tertiary alicyclic amines) is 2. The highest BCUT2D eigenvalue weighted by Gasteiger charge is 2.45. The van der Waals surface area contributed by atoms with Crippen LogP contribution in [0.3, 0.4) is 0 Å². The lowest BCUT2D eigenvalue weighted by Gasteiger charge is -2.41. The van der Waals surface area contributed by atoms with E-state index in [0.29, 0.717) is 11.9 Å². The number of hydrogen-bond acceptors (Lipinski definition) is 4. The molecule has 5 nitrogen and oxygen atoms in total. The van der Waals surface area contributed by atoms with E-state index in [1.807, 2.05) is 12.1 Å². The van der Waals surface area contributed by atoms with Gasteiger partial charge < -0.3 is 14.4 Å². The Morgan fingerprint density at radius 1 is 1.32 bits per heavy atom. The van der Waals surface area contributed by atoms with Gasteiger partial charge in [0.1, 0.15) is 5.75 Å². The SMILES string of the molecule is COc1ccccc1CN1CC[C@@]2(C[C@H](N3CCCC3=O)CCO2)C1. The molecule has 25 heavy (non-hydrogen) atoms. The molecule has 0 radical (unpaired) electrons. The molecule has 1 amide bonds. The van der Waals surface area contributed by atoms with E-state index < -0.39 is 0 Å². The Balaban J connectivity index is 1.41. The van der Waals surface area contributed by atoms with Crippen LogP contribution in [0.4, 0.5) is 0 Å². The number of para-hydroxylation sites is 1. The summed E-state index contributed by atoms with van der Waals surface area (Å²) in [6, 6.07) is 8.60. The highest BCUT2D eigenvalue weighted by molar-refractivity contribution is 5.78. The molecule has 1 spiro atoms. The van der Waals surface area contributed by atoms with Gasteiger partial charge in [0, 0.05) is 50.8 Å². The smallest absolute Gasteiger partial charge is 0.222 e. The first-order valence-electron chi connectivity index (χ1n) is 9.47. The molecule has 0 unspecified atom stereocenters. The van der Waals surface area contributed by atoms with Gasteiger partial charge in [-0.25, -0.2) is 0 Å². The molecule has 136 valence electrons. The minimum atomic E-state index is -0.0756. The zero-order valence-electron chi connectivity index (χ0n) is 15.1. The second-order valence-corrected chi connectivity index (χ2v) is 7.64. The van der Waals surface area contributed by atoms with Crippen LogP contribution < -0.4 is 4.74 Å². The van der Waals surface area contributed by atoms with E-state index in [0.717, 1.165) is 70.6 Å². The van der Waals surface area contributed by atoms with Crippen LogP contribution in [0.1, 0.15) is 37.7 Å².